The van der Waals surface area contributed by atoms with E-state index in [1.165, 1.54) is 0 Å². The van der Waals surface area contributed by atoms with Crippen molar-refractivity contribution in [3.8, 4) is 17.2 Å². The topological polar surface area (TPSA) is 73.9 Å². The number of benzene rings is 1. The Labute approximate surface area is 125 Å². The molecule has 0 radical (unpaired) electrons. The molecule has 1 fully saturated rings. The molecule has 1 aliphatic rings. The van der Waals surface area contributed by atoms with Crippen LogP contribution in [0, 0.1) is 5.92 Å². The Hall–Kier alpha value is -1.17. The van der Waals surface area contributed by atoms with Gasteiger partial charge in [-0.15, -0.1) is 12.4 Å². The Bertz CT molecular complexity index is 426. The zero-order chi connectivity index (χ0) is 14.0. The summed E-state index contributed by atoms with van der Waals surface area (Å²) < 4.78 is 15.9. The van der Waals surface area contributed by atoms with Gasteiger partial charge in [0.2, 0.25) is 0 Å². The van der Waals surface area contributed by atoms with Gasteiger partial charge in [0, 0.05) is 12.1 Å². The lowest BCUT2D eigenvalue weighted by Gasteiger charge is -2.23. The maximum Gasteiger partial charge on any atom is 0.131 e. The first-order chi connectivity index (χ1) is 9.12. The van der Waals surface area contributed by atoms with Crippen LogP contribution >= 0.6 is 12.4 Å². The maximum absolute atomic E-state index is 10.2. The highest BCUT2D eigenvalue weighted by molar-refractivity contribution is 5.85. The molecule has 20 heavy (non-hydrogen) atoms. The number of aliphatic hydroxyl groups is 1. The Morgan fingerprint density at radius 1 is 1.10 bits per heavy atom. The lowest BCUT2D eigenvalue weighted by Crippen LogP contribution is -2.28. The highest BCUT2D eigenvalue weighted by atomic mass is 35.5. The predicted octanol–water partition coefficient (Wildman–Crippen LogP) is 1.90. The monoisotopic (exact) mass is 303 g/mol. The Balaban J connectivity index is 0.00000200. The van der Waals surface area contributed by atoms with E-state index in [4.69, 9.17) is 19.9 Å². The molecular weight excluding hydrogens is 282 g/mol. The normalized spacial score (nSPS) is 16.9. The van der Waals surface area contributed by atoms with Crippen LogP contribution in [0.15, 0.2) is 12.1 Å². The maximum atomic E-state index is 10.2. The second-order valence-corrected chi connectivity index (χ2v) is 4.80. The Morgan fingerprint density at radius 2 is 1.60 bits per heavy atom. The van der Waals surface area contributed by atoms with Crippen LogP contribution in [-0.4, -0.2) is 32.5 Å². The molecule has 0 spiro atoms. The minimum atomic E-state index is -0.573. The van der Waals surface area contributed by atoms with E-state index in [-0.39, 0.29) is 18.3 Å². The zero-order valence-corrected chi connectivity index (χ0v) is 12.8. The third-order valence-corrected chi connectivity index (χ3v) is 3.56. The van der Waals surface area contributed by atoms with Crippen LogP contribution in [-0.2, 0) is 0 Å². The average Bonchev–Trinajstić information content (AvgIpc) is 3.28. The summed E-state index contributed by atoms with van der Waals surface area (Å²) in [4.78, 5) is 0. The van der Waals surface area contributed by atoms with Crippen molar-refractivity contribution in [2.75, 3.05) is 21.3 Å². The summed E-state index contributed by atoms with van der Waals surface area (Å²) in [6.07, 6.45) is 1.47. The van der Waals surface area contributed by atoms with Crippen LogP contribution in [0.2, 0.25) is 0 Å². The van der Waals surface area contributed by atoms with E-state index in [1.807, 2.05) is 0 Å². The van der Waals surface area contributed by atoms with Gasteiger partial charge in [0.25, 0.3) is 0 Å². The van der Waals surface area contributed by atoms with Gasteiger partial charge in [-0.2, -0.15) is 0 Å². The largest absolute Gasteiger partial charge is 0.496 e. The molecule has 1 aromatic carbocycles. The van der Waals surface area contributed by atoms with Crippen LogP contribution in [0.1, 0.15) is 24.4 Å². The van der Waals surface area contributed by atoms with E-state index in [0.29, 0.717) is 22.8 Å². The molecule has 0 unspecified atom stereocenters. The van der Waals surface area contributed by atoms with Crippen LogP contribution in [0.3, 0.4) is 0 Å². The number of hydrogen-bond acceptors (Lipinski definition) is 5. The van der Waals surface area contributed by atoms with E-state index >= 15 is 0 Å². The second kappa shape index (κ2) is 7.02. The molecule has 0 amide bonds. The first kappa shape index (κ1) is 16.9. The number of methoxy groups -OCH3 is 3. The van der Waals surface area contributed by atoms with Gasteiger partial charge in [-0.05, 0) is 18.8 Å². The van der Waals surface area contributed by atoms with Crippen LogP contribution < -0.4 is 19.9 Å². The van der Waals surface area contributed by atoms with Crippen molar-refractivity contribution in [2.45, 2.75) is 25.0 Å². The predicted molar refractivity (Wildman–Crippen MR) is 79.0 cm³/mol. The minimum Gasteiger partial charge on any atom is -0.496 e. The number of nitrogens with two attached hydrogens (primary N) is 1. The van der Waals surface area contributed by atoms with E-state index in [1.54, 1.807) is 33.5 Å². The van der Waals surface area contributed by atoms with Crippen LogP contribution in [0.4, 0.5) is 0 Å². The molecule has 0 aliphatic heterocycles. The number of hydrogen-bond donors (Lipinski definition) is 2. The molecule has 114 valence electrons. The van der Waals surface area contributed by atoms with E-state index in [9.17, 15) is 5.11 Å². The van der Waals surface area contributed by atoms with Gasteiger partial charge in [0.15, 0.2) is 0 Å². The summed E-state index contributed by atoms with van der Waals surface area (Å²) in [5.74, 6) is 2.06. The van der Waals surface area contributed by atoms with Crippen molar-refractivity contribution in [3.63, 3.8) is 0 Å². The van der Waals surface area contributed by atoms with Crippen molar-refractivity contribution in [1.82, 2.24) is 0 Å². The molecule has 0 heterocycles. The van der Waals surface area contributed by atoms with Gasteiger partial charge in [-0.25, -0.2) is 0 Å². The molecule has 1 aromatic rings. The molecule has 0 saturated heterocycles. The fourth-order valence-corrected chi connectivity index (χ4v) is 2.26. The molecule has 5 nitrogen and oxygen atoms in total. The fourth-order valence-electron chi connectivity index (χ4n) is 2.26. The molecule has 0 aromatic heterocycles. The fraction of sp³-hybridized carbons (Fsp3) is 0.571. The molecule has 3 N–H and O–H groups in total. The minimum absolute atomic E-state index is 0. The van der Waals surface area contributed by atoms with Gasteiger partial charge in [-0.3, -0.25) is 0 Å². The molecule has 0 bridgehead atoms. The van der Waals surface area contributed by atoms with Crippen molar-refractivity contribution >= 4 is 12.4 Å². The third-order valence-electron chi connectivity index (χ3n) is 3.56. The smallest absolute Gasteiger partial charge is 0.131 e. The number of rotatable bonds is 6. The van der Waals surface area contributed by atoms with E-state index in [2.05, 4.69) is 0 Å². The average molecular weight is 304 g/mol. The van der Waals surface area contributed by atoms with Crippen LogP contribution in [0.25, 0.3) is 0 Å². The number of ether oxygens (including phenoxy) is 3. The highest BCUT2D eigenvalue weighted by Crippen LogP contribution is 2.43. The number of halogens is 1. The van der Waals surface area contributed by atoms with Gasteiger partial charge >= 0.3 is 0 Å². The van der Waals surface area contributed by atoms with Crippen molar-refractivity contribution in [1.29, 1.82) is 0 Å². The molecule has 6 heteroatoms. The third kappa shape index (κ3) is 3.29. The first-order valence-corrected chi connectivity index (χ1v) is 6.36. The first-order valence-electron chi connectivity index (χ1n) is 6.36. The number of aliphatic hydroxyl groups excluding tert-OH is 1. The van der Waals surface area contributed by atoms with E-state index < -0.39 is 12.1 Å². The Morgan fingerprint density at radius 3 is 1.95 bits per heavy atom. The quantitative estimate of drug-likeness (QED) is 0.839. The van der Waals surface area contributed by atoms with Crippen molar-refractivity contribution in [2.24, 2.45) is 11.7 Å². The molecular formula is C14H22ClNO4. The lowest BCUT2D eigenvalue weighted by atomic mass is 9.97. The summed E-state index contributed by atoms with van der Waals surface area (Å²) in [5, 5.41) is 10.2. The van der Waals surface area contributed by atoms with Gasteiger partial charge in [0.05, 0.1) is 39.0 Å². The highest BCUT2D eigenvalue weighted by Gasteiger charge is 2.36. The Kier molecular flexibility index (Phi) is 5.92. The van der Waals surface area contributed by atoms with Crippen LogP contribution in [0.5, 0.6) is 17.2 Å². The summed E-state index contributed by atoms with van der Waals surface area (Å²) >= 11 is 0. The van der Waals surface area contributed by atoms with Crippen molar-refractivity contribution in [3.05, 3.63) is 17.7 Å². The summed E-state index contributed by atoms with van der Waals surface area (Å²) in [6, 6.07) is 2.97. The summed E-state index contributed by atoms with van der Waals surface area (Å²) in [5.41, 5.74) is 6.86. The van der Waals surface area contributed by atoms with Crippen molar-refractivity contribution < 1.29 is 19.3 Å². The SMILES string of the molecule is COc1cc(OC)c([C@@H](N)[C@@H](O)C2CC2)c(OC)c1.Cl. The molecule has 2 atom stereocenters. The van der Waals surface area contributed by atoms with Gasteiger partial charge in [0.1, 0.15) is 17.2 Å². The lowest BCUT2D eigenvalue weighted by molar-refractivity contribution is 0.120. The van der Waals surface area contributed by atoms with E-state index in [0.717, 1.165) is 12.8 Å². The summed E-state index contributed by atoms with van der Waals surface area (Å²) in [6.45, 7) is 0. The molecule has 1 aliphatic carbocycles. The summed E-state index contributed by atoms with van der Waals surface area (Å²) in [7, 11) is 4.70. The standard InChI is InChI=1S/C14H21NO4.ClH/c1-17-9-6-10(18-2)12(11(7-9)19-3)13(15)14(16)8-4-5-8;/h6-8,13-14,16H,4-5,15H2,1-3H3;1H/t13-,14+;/m1./s1. The second-order valence-electron chi connectivity index (χ2n) is 4.80. The van der Waals surface area contributed by atoms with Gasteiger partial charge < -0.3 is 25.1 Å². The molecule has 2 rings (SSSR count). The van der Waals surface area contributed by atoms with Gasteiger partial charge in [-0.1, -0.05) is 0 Å². The zero-order valence-electron chi connectivity index (χ0n) is 12.0. The molecule has 1 saturated carbocycles.